The number of rotatable bonds is 6. The summed E-state index contributed by atoms with van der Waals surface area (Å²) in [6.07, 6.45) is 8.64. The van der Waals surface area contributed by atoms with Crippen LogP contribution in [0.4, 0.5) is 0 Å². The maximum Gasteiger partial charge on any atom is 0.213 e. The lowest BCUT2D eigenvalue weighted by Crippen LogP contribution is -2.26. The minimum absolute atomic E-state index is 0.393. The van der Waals surface area contributed by atoms with Crippen LogP contribution in [0.15, 0.2) is 30.6 Å². The van der Waals surface area contributed by atoms with E-state index < -0.39 is 0 Å². The van der Waals surface area contributed by atoms with Crippen molar-refractivity contribution in [1.82, 2.24) is 14.8 Å². The number of methoxy groups -OCH3 is 1. The average molecular weight is 329 g/mol. The summed E-state index contributed by atoms with van der Waals surface area (Å²) in [5.74, 6) is 2.46. The molecule has 0 spiro atoms. The van der Waals surface area contributed by atoms with Crippen molar-refractivity contribution in [2.24, 2.45) is 5.92 Å². The minimum Gasteiger partial charge on any atom is -0.492 e. The quantitative estimate of drug-likeness (QED) is 0.796. The van der Waals surface area contributed by atoms with Crippen molar-refractivity contribution in [2.75, 3.05) is 13.7 Å². The largest absolute Gasteiger partial charge is 0.492 e. The number of ether oxygens (including phenoxy) is 2. The molecular formula is C19H27N3O2. The standard InChI is InChI=1S/C19H27N3O2/c1-14(2)22-18(10-11-21-22)17-7-5-4-6-15(17)13-24-16-8-9-19(23-3)20-12-16/h8-12,14-15,17H,4-7,13H2,1-3H3. The van der Waals surface area contributed by atoms with Gasteiger partial charge in [-0.15, -0.1) is 0 Å². The van der Waals surface area contributed by atoms with Crippen LogP contribution in [0.1, 0.15) is 57.2 Å². The van der Waals surface area contributed by atoms with Crippen molar-refractivity contribution in [1.29, 1.82) is 0 Å². The van der Waals surface area contributed by atoms with E-state index in [2.05, 4.69) is 34.7 Å². The molecule has 2 atom stereocenters. The van der Waals surface area contributed by atoms with E-state index in [9.17, 15) is 0 Å². The molecule has 2 aromatic rings. The Morgan fingerprint density at radius 2 is 2.04 bits per heavy atom. The Hall–Kier alpha value is -2.04. The molecule has 2 aromatic heterocycles. The maximum atomic E-state index is 6.03. The average Bonchev–Trinajstić information content (AvgIpc) is 3.10. The molecular weight excluding hydrogens is 302 g/mol. The van der Waals surface area contributed by atoms with E-state index in [0.29, 0.717) is 23.8 Å². The third-order valence-electron chi connectivity index (χ3n) is 4.86. The molecule has 0 aliphatic heterocycles. The Morgan fingerprint density at radius 3 is 2.75 bits per heavy atom. The predicted octanol–water partition coefficient (Wildman–Crippen LogP) is 4.22. The van der Waals surface area contributed by atoms with Gasteiger partial charge in [0.15, 0.2) is 0 Å². The molecule has 0 N–H and O–H groups in total. The van der Waals surface area contributed by atoms with Crippen molar-refractivity contribution in [3.8, 4) is 11.6 Å². The van der Waals surface area contributed by atoms with Gasteiger partial charge < -0.3 is 9.47 Å². The highest BCUT2D eigenvalue weighted by Crippen LogP contribution is 2.38. The summed E-state index contributed by atoms with van der Waals surface area (Å²) in [5.41, 5.74) is 1.35. The summed E-state index contributed by atoms with van der Waals surface area (Å²) in [7, 11) is 1.62. The summed E-state index contributed by atoms with van der Waals surface area (Å²) in [4.78, 5) is 4.21. The number of nitrogens with zero attached hydrogens (tertiary/aromatic N) is 3. The second kappa shape index (κ2) is 7.69. The first kappa shape index (κ1) is 16.8. The summed E-state index contributed by atoms with van der Waals surface area (Å²) < 4.78 is 13.3. The minimum atomic E-state index is 0.393. The van der Waals surface area contributed by atoms with Crippen LogP contribution in [-0.4, -0.2) is 28.5 Å². The first-order valence-corrected chi connectivity index (χ1v) is 8.85. The second-order valence-corrected chi connectivity index (χ2v) is 6.79. The lowest BCUT2D eigenvalue weighted by Gasteiger charge is -2.32. The Balaban J connectivity index is 1.69. The van der Waals surface area contributed by atoms with E-state index in [1.165, 1.54) is 31.4 Å². The summed E-state index contributed by atoms with van der Waals surface area (Å²) >= 11 is 0. The predicted molar refractivity (Wildman–Crippen MR) is 93.6 cm³/mol. The van der Waals surface area contributed by atoms with Crippen molar-refractivity contribution < 1.29 is 9.47 Å². The number of hydrogen-bond acceptors (Lipinski definition) is 4. The van der Waals surface area contributed by atoms with Crippen molar-refractivity contribution in [2.45, 2.75) is 51.5 Å². The van der Waals surface area contributed by atoms with Crippen LogP contribution < -0.4 is 9.47 Å². The van der Waals surface area contributed by atoms with Gasteiger partial charge >= 0.3 is 0 Å². The monoisotopic (exact) mass is 329 g/mol. The lowest BCUT2D eigenvalue weighted by atomic mass is 9.77. The van der Waals surface area contributed by atoms with Gasteiger partial charge in [-0.1, -0.05) is 12.8 Å². The molecule has 0 bridgehead atoms. The topological polar surface area (TPSA) is 49.2 Å². The zero-order valence-corrected chi connectivity index (χ0v) is 14.8. The van der Waals surface area contributed by atoms with E-state index in [4.69, 9.17) is 9.47 Å². The van der Waals surface area contributed by atoms with E-state index in [-0.39, 0.29) is 0 Å². The molecule has 24 heavy (non-hydrogen) atoms. The molecule has 1 aliphatic carbocycles. The van der Waals surface area contributed by atoms with Gasteiger partial charge in [0.05, 0.1) is 19.9 Å². The van der Waals surface area contributed by atoms with Crippen LogP contribution in [0.5, 0.6) is 11.6 Å². The molecule has 1 aliphatic rings. The molecule has 0 radical (unpaired) electrons. The smallest absolute Gasteiger partial charge is 0.213 e. The molecule has 130 valence electrons. The molecule has 5 heteroatoms. The van der Waals surface area contributed by atoms with Crippen LogP contribution in [0, 0.1) is 5.92 Å². The van der Waals surface area contributed by atoms with Gasteiger partial charge in [0.1, 0.15) is 5.75 Å². The summed E-state index contributed by atoms with van der Waals surface area (Å²) in [6.45, 7) is 5.10. The normalized spacial score (nSPS) is 21.0. The SMILES string of the molecule is COc1ccc(OCC2CCCCC2c2ccnn2C(C)C)cn1. The molecule has 0 amide bonds. The molecule has 0 aromatic carbocycles. The van der Waals surface area contributed by atoms with Gasteiger partial charge in [0.25, 0.3) is 0 Å². The van der Waals surface area contributed by atoms with Crippen molar-refractivity contribution in [3.63, 3.8) is 0 Å². The Morgan fingerprint density at radius 1 is 1.21 bits per heavy atom. The fraction of sp³-hybridized carbons (Fsp3) is 0.579. The van der Waals surface area contributed by atoms with E-state index in [1.54, 1.807) is 13.3 Å². The lowest BCUT2D eigenvalue weighted by molar-refractivity contribution is 0.180. The fourth-order valence-corrected chi connectivity index (χ4v) is 3.62. The number of hydrogen-bond donors (Lipinski definition) is 0. The summed E-state index contributed by atoms with van der Waals surface area (Å²) in [5, 5.41) is 4.51. The second-order valence-electron chi connectivity index (χ2n) is 6.79. The van der Waals surface area contributed by atoms with Crippen LogP contribution in [0.2, 0.25) is 0 Å². The van der Waals surface area contributed by atoms with Gasteiger partial charge in [-0.05, 0) is 38.8 Å². The molecule has 2 heterocycles. The first-order valence-electron chi connectivity index (χ1n) is 8.85. The van der Waals surface area contributed by atoms with Crippen molar-refractivity contribution >= 4 is 0 Å². The zero-order valence-electron chi connectivity index (χ0n) is 14.8. The summed E-state index contributed by atoms with van der Waals surface area (Å²) in [6, 6.07) is 6.32. The molecule has 1 fully saturated rings. The van der Waals surface area contributed by atoms with Crippen LogP contribution in [0.25, 0.3) is 0 Å². The highest BCUT2D eigenvalue weighted by molar-refractivity contribution is 5.23. The van der Waals surface area contributed by atoms with Crippen LogP contribution >= 0.6 is 0 Å². The van der Waals surface area contributed by atoms with Gasteiger partial charge in [-0.25, -0.2) is 4.98 Å². The number of aromatic nitrogens is 3. The third kappa shape index (κ3) is 3.71. The van der Waals surface area contributed by atoms with E-state index in [1.807, 2.05) is 18.3 Å². The highest BCUT2D eigenvalue weighted by Gasteiger charge is 2.30. The van der Waals surface area contributed by atoms with E-state index >= 15 is 0 Å². The molecule has 0 saturated heterocycles. The Kier molecular flexibility index (Phi) is 5.38. The Bertz CT molecular complexity index is 636. The van der Waals surface area contributed by atoms with Gasteiger partial charge in [-0.3, -0.25) is 4.68 Å². The number of pyridine rings is 1. The third-order valence-corrected chi connectivity index (χ3v) is 4.86. The first-order chi connectivity index (χ1) is 11.7. The van der Waals surface area contributed by atoms with Gasteiger partial charge in [0.2, 0.25) is 5.88 Å². The zero-order chi connectivity index (χ0) is 16.9. The van der Waals surface area contributed by atoms with E-state index in [0.717, 1.165) is 12.4 Å². The molecule has 5 nitrogen and oxygen atoms in total. The Labute approximate surface area is 144 Å². The molecule has 1 saturated carbocycles. The van der Waals surface area contributed by atoms with Crippen LogP contribution in [-0.2, 0) is 0 Å². The van der Waals surface area contributed by atoms with Gasteiger partial charge in [0, 0.05) is 35.8 Å². The highest BCUT2D eigenvalue weighted by atomic mass is 16.5. The molecule has 2 unspecified atom stereocenters. The van der Waals surface area contributed by atoms with Crippen LogP contribution in [0.3, 0.4) is 0 Å². The molecule has 3 rings (SSSR count). The van der Waals surface area contributed by atoms with Crippen molar-refractivity contribution in [3.05, 3.63) is 36.3 Å². The maximum absolute atomic E-state index is 6.03. The van der Waals surface area contributed by atoms with Gasteiger partial charge in [-0.2, -0.15) is 5.10 Å². The fourth-order valence-electron chi connectivity index (χ4n) is 3.62.